The van der Waals surface area contributed by atoms with Gasteiger partial charge in [-0.1, -0.05) is 39.8 Å². The molecule has 27 heavy (non-hydrogen) atoms. The highest BCUT2D eigenvalue weighted by molar-refractivity contribution is 9.10. The van der Waals surface area contributed by atoms with Gasteiger partial charge in [-0.25, -0.2) is 0 Å². The van der Waals surface area contributed by atoms with Gasteiger partial charge in [0.2, 0.25) is 0 Å². The minimum atomic E-state index is -4.39. The van der Waals surface area contributed by atoms with Crippen molar-refractivity contribution in [2.24, 2.45) is 5.73 Å². The summed E-state index contributed by atoms with van der Waals surface area (Å²) in [5, 5.41) is 9.91. The van der Waals surface area contributed by atoms with E-state index < -0.39 is 11.7 Å². The van der Waals surface area contributed by atoms with Crippen LogP contribution in [-0.2, 0) is 18.5 Å². The summed E-state index contributed by atoms with van der Waals surface area (Å²) in [6.45, 7) is 0.103. The summed E-state index contributed by atoms with van der Waals surface area (Å²) < 4.78 is 38.5. The van der Waals surface area contributed by atoms with Crippen LogP contribution in [0.1, 0.15) is 27.0 Å². The van der Waals surface area contributed by atoms with Crippen molar-refractivity contribution in [1.82, 2.24) is 5.32 Å². The molecular weight excluding hydrogens is 511 g/mol. The summed E-state index contributed by atoms with van der Waals surface area (Å²) >= 11 is 4.43. The molecule has 0 aromatic heterocycles. The van der Waals surface area contributed by atoms with Gasteiger partial charge in [0.25, 0.3) is 5.91 Å². The molecule has 0 spiro atoms. The second kappa shape index (κ2) is 10.1. The zero-order valence-corrected chi connectivity index (χ0v) is 17.9. The van der Waals surface area contributed by atoms with Crippen LogP contribution in [0.5, 0.6) is 0 Å². The quantitative estimate of drug-likeness (QED) is 0.374. The number of hydrogen-bond acceptors (Lipinski definition) is 3. The van der Waals surface area contributed by atoms with Gasteiger partial charge in [0.1, 0.15) is 0 Å². The second-order valence-corrected chi connectivity index (χ2v) is 7.26. The number of amidine groups is 1. The van der Waals surface area contributed by atoms with E-state index in [1.54, 1.807) is 18.2 Å². The van der Waals surface area contributed by atoms with Crippen LogP contribution in [0.15, 0.2) is 46.9 Å². The maximum atomic E-state index is 12.6. The third kappa shape index (κ3) is 7.19. The van der Waals surface area contributed by atoms with E-state index in [4.69, 9.17) is 11.1 Å². The summed E-state index contributed by atoms with van der Waals surface area (Å²) in [4.78, 5) is 12.4. The predicted molar refractivity (Wildman–Crippen MR) is 110 cm³/mol. The van der Waals surface area contributed by atoms with Gasteiger partial charge in [-0.3, -0.25) is 10.2 Å². The largest absolute Gasteiger partial charge is 0.416 e. The van der Waals surface area contributed by atoms with Gasteiger partial charge in [-0.15, -0.1) is 17.0 Å². The maximum absolute atomic E-state index is 12.6. The molecule has 4 nitrogen and oxygen atoms in total. The average Bonchev–Trinajstić information content (AvgIpc) is 2.57. The smallest absolute Gasteiger partial charge is 0.379 e. The molecule has 0 bridgehead atoms. The summed E-state index contributed by atoms with van der Waals surface area (Å²) in [5.41, 5.74) is 6.29. The summed E-state index contributed by atoms with van der Waals surface area (Å²) in [7, 11) is 0. The Balaban J connectivity index is 0.00000364. The summed E-state index contributed by atoms with van der Waals surface area (Å²) in [5.74, 6) is 0.00852. The normalized spacial score (nSPS) is 10.8. The molecular formula is C17H16Br2F3N3OS. The van der Waals surface area contributed by atoms with E-state index in [9.17, 15) is 18.0 Å². The predicted octanol–water partition coefficient (Wildman–Crippen LogP) is 5.10. The lowest BCUT2D eigenvalue weighted by Crippen LogP contribution is -2.24. The fraction of sp³-hybridized carbons (Fsp3) is 0.176. The van der Waals surface area contributed by atoms with Crippen molar-refractivity contribution in [1.29, 1.82) is 5.41 Å². The SMILES string of the molecule is Br.N=C(N)SCc1cc(Br)ccc1C(=O)NCc1ccc(C(F)(F)F)cc1. The van der Waals surface area contributed by atoms with Gasteiger partial charge >= 0.3 is 6.18 Å². The number of alkyl halides is 3. The maximum Gasteiger partial charge on any atom is 0.416 e. The Labute approximate surface area is 177 Å². The van der Waals surface area contributed by atoms with Gasteiger partial charge in [-0.05, 0) is 41.5 Å². The van der Waals surface area contributed by atoms with Crippen LogP contribution in [0.2, 0.25) is 0 Å². The van der Waals surface area contributed by atoms with Gasteiger partial charge in [0.05, 0.1) is 5.56 Å². The van der Waals surface area contributed by atoms with E-state index in [2.05, 4.69) is 21.2 Å². The first-order valence-electron chi connectivity index (χ1n) is 7.36. The first-order chi connectivity index (χ1) is 12.2. The van der Waals surface area contributed by atoms with Crippen molar-refractivity contribution < 1.29 is 18.0 Å². The fourth-order valence-electron chi connectivity index (χ4n) is 2.15. The molecule has 1 amide bonds. The van der Waals surface area contributed by atoms with Crippen molar-refractivity contribution in [2.75, 3.05) is 0 Å². The van der Waals surface area contributed by atoms with Crippen molar-refractivity contribution in [3.05, 3.63) is 69.2 Å². The van der Waals surface area contributed by atoms with Crippen LogP contribution in [-0.4, -0.2) is 11.1 Å². The Morgan fingerprint density at radius 1 is 1.19 bits per heavy atom. The monoisotopic (exact) mass is 525 g/mol. The number of carbonyl (C=O) groups excluding carboxylic acids is 1. The number of halogens is 5. The zero-order valence-electron chi connectivity index (χ0n) is 13.8. The molecule has 0 atom stereocenters. The van der Waals surface area contributed by atoms with Crippen molar-refractivity contribution in [3.63, 3.8) is 0 Å². The van der Waals surface area contributed by atoms with Gasteiger partial charge < -0.3 is 11.1 Å². The number of thioether (sulfide) groups is 1. The highest BCUT2D eigenvalue weighted by atomic mass is 79.9. The number of nitrogens with one attached hydrogen (secondary N) is 2. The molecule has 0 saturated heterocycles. The first kappa shape index (κ1) is 23.5. The first-order valence-corrected chi connectivity index (χ1v) is 9.14. The van der Waals surface area contributed by atoms with E-state index in [-0.39, 0.29) is 34.6 Å². The number of rotatable bonds is 5. The van der Waals surface area contributed by atoms with Crippen LogP contribution < -0.4 is 11.1 Å². The molecule has 0 heterocycles. The van der Waals surface area contributed by atoms with E-state index in [0.29, 0.717) is 22.4 Å². The van der Waals surface area contributed by atoms with Crippen molar-refractivity contribution in [2.45, 2.75) is 18.5 Å². The highest BCUT2D eigenvalue weighted by Crippen LogP contribution is 2.29. The lowest BCUT2D eigenvalue weighted by Gasteiger charge is -2.11. The summed E-state index contributed by atoms with van der Waals surface area (Å²) in [6.07, 6.45) is -4.39. The third-order valence-electron chi connectivity index (χ3n) is 3.43. The lowest BCUT2D eigenvalue weighted by atomic mass is 10.1. The molecule has 0 aliphatic carbocycles. The van der Waals surface area contributed by atoms with Crippen LogP contribution in [0, 0.1) is 5.41 Å². The van der Waals surface area contributed by atoms with Gasteiger partial charge in [0.15, 0.2) is 5.17 Å². The number of carbonyl (C=O) groups is 1. The molecule has 0 fully saturated rings. The molecule has 0 aliphatic heterocycles. The Bertz CT molecular complexity index is 814. The number of nitrogens with two attached hydrogens (primary N) is 1. The Morgan fingerprint density at radius 3 is 2.37 bits per heavy atom. The Hall–Kier alpha value is -1.52. The van der Waals surface area contributed by atoms with Crippen molar-refractivity contribution in [3.8, 4) is 0 Å². The van der Waals surface area contributed by atoms with Crippen LogP contribution in [0.4, 0.5) is 13.2 Å². The van der Waals surface area contributed by atoms with E-state index in [1.807, 2.05) is 0 Å². The van der Waals surface area contributed by atoms with E-state index in [1.165, 1.54) is 12.1 Å². The van der Waals surface area contributed by atoms with Gasteiger partial charge in [-0.2, -0.15) is 13.2 Å². The number of benzene rings is 2. The Morgan fingerprint density at radius 2 is 1.81 bits per heavy atom. The molecule has 4 N–H and O–H groups in total. The molecule has 0 radical (unpaired) electrons. The zero-order chi connectivity index (χ0) is 19.3. The van der Waals surface area contributed by atoms with E-state index in [0.717, 1.165) is 28.4 Å². The minimum Gasteiger partial charge on any atom is -0.379 e. The Kier molecular flexibility index (Phi) is 8.83. The third-order valence-corrected chi connectivity index (χ3v) is 4.69. The standard InChI is InChI=1S/C17H15BrF3N3OS.BrH/c18-13-5-6-14(11(7-13)9-26-16(22)23)15(25)24-8-10-1-3-12(4-2-10)17(19,20)21;/h1-7H,8-9H2,(H3,22,23)(H,24,25);1H. The molecule has 2 aromatic carbocycles. The molecule has 0 aliphatic rings. The van der Waals surface area contributed by atoms with E-state index >= 15 is 0 Å². The number of hydrogen-bond donors (Lipinski definition) is 3. The molecule has 146 valence electrons. The summed E-state index contributed by atoms with van der Waals surface area (Å²) in [6, 6.07) is 9.75. The van der Waals surface area contributed by atoms with Crippen LogP contribution >= 0.6 is 44.7 Å². The average molecular weight is 527 g/mol. The fourth-order valence-corrected chi connectivity index (χ4v) is 3.11. The van der Waals surface area contributed by atoms with Gasteiger partial charge in [0, 0.05) is 22.3 Å². The highest BCUT2D eigenvalue weighted by Gasteiger charge is 2.29. The topological polar surface area (TPSA) is 79.0 Å². The van der Waals surface area contributed by atoms with Crippen LogP contribution in [0.3, 0.4) is 0 Å². The van der Waals surface area contributed by atoms with Crippen molar-refractivity contribution >= 4 is 55.7 Å². The number of amides is 1. The lowest BCUT2D eigenvalue weighted by molar-refractivity contribution is -0.137. The van der Waals surface area contributed by atoms with Crippen LogP contribution in [0.25, 0.3) is 0 Å². The molecule has 0 unspecified atom stereocenters. The molecule has 2 rings (SSSR count). The molecule has 2 aromatic rings. The minimum absolute atomic E-state index is 0. The second-order valence-electron chi connectivity index (χ2n) is 5.33. The molecule has 10 heteroatoms. The molecule has 0 saturated carbocycles.